The van der Waals surface area contributed by atoms with E-state index in [1.165, 1.54) is 4.88 Å². The summed E-state index contributed by atoms with van der Waals surface area (Å²) >= 11 is 1.56. The molecule has 0 unspecified atom stereocenters. The molecular weight excluding hydrogens is 342 g/mol. The van der Waals surface area contributed by atoms with E-state index in [1.807, 2.05) is 48.5 Å². The van der Waals surface area contributed by atoms with Crippen molar-refractivity contribution in [3.05, 3.63) is 87.8 Å². The van der Waals surface area contributed by atoms with Crippen LogP contribution in [0.25, 0.3) is 0 Å². The second-order valence-electron chi connectivity index (χ2n) is 6.43. The molecule has 1 aliphatic rings. The Balaban J connectivity index is 1.74. The standard InChI is InChI=1S/C22H19NO2S/c24-20(15-9-3-1-4-10-15)19-17-13-7-8-14-18(17)26-22(19)23-21(25)16-11-5-2-6-12-16/h1-6,9-12H,7-8,13-14H2,(H,23,25). The van der Waals surface area contributed by atoms with Crippen molar-refractivity contribution in [2.24, 2.45) is 0 Å². The first-order chi connectivity index (χ1) is 12.7. The summed E-state index contributed by atoms with van der Waals surface area (Å²) < 4.78 is 0. The maximum absolute atomic E-state index is 13.2. The molecule has 1 aliphatic carbocycles. The monoisotopic (exact) mass is 361 g/mol. The third-order valence-corrected chi connectivity index (χ3v) is 5.90. The van der Waals surface area contributed by atoms with E-state index in [0.29, 0.717) is 21.7 Å². The third-order valence-electron chi connectivity index (χ3n) is 4.70. The van der Waals surface area contributed by atoms with Crippen molar-refractivity contribution < 1.29 is 9.59 Å². The summed E-state index contributed by atoms with van der Waals surface area (Å²) in [6, 6.07) is 18.4. The normalized spacial score (nSPS) is 13.1. The predicted molar refractivity (Wildman–Crippen MR) is 105 cm³/mol. The van der Waals surface area contributed by atoms with E-state index in [4.69, 9.17) is 0 Å². The van der Waals surface area contributed by atoms with Crippen molar-refractivity contribution >= 4 is 28.0 Å². The molecule has 0 fully saturated rings. The SMILES string of the molecule is O=C(Nc1sc2c(c1C(=O)c1ccccc1)CCCC2)c1ccccc1. The molecule has 2 aromatic carbocycles. The molecule has 0 saturated carbocycles. The Morgan fingerprint density at radius 2 is 1.42 bits per heavy atom. The Hall–Kier alpha value is -2.72. The fraction of sp³-hybridized carbons (Fsp3) is 0.182. The Morgan fingerprint density at radius 3 is 2.12 bits per heavy atom. The van der Waals surface area contributed by atoms with Crippen LogP contribution in [0.5, 0.6) is 0 Å². The minimum absolute atomic E-state index is 0.00615. The average molecular weight is 361 g/mol. The van der Waals surface area contributed by atoms with Crippen molar-refractivity contribution in [2.75, 3.05) is 5.32 Å². The summed E-state index contributed by atoms with van der Waals surface area (Å²) in [6.07, 6.45) is 4.11. The van der Waals surface area contributed by atoms with Crippen LogP contribution in [-0.4, -0.2) is 11.7 Å². The highest BCUT2D eigenvalue weighted by Crippen LogP contribution is 2.39. The minimum atomic E-state index is -0.175. The number of fused-ring (bicyclic) bond motifs is 1. The number of aryl methyl sites for hydroxylation is 1. The Labute approximate surface area is 156 Å². The Morgan fingerprint density at radius 1 is 0.808 bits per heavy atom. The fourth-order valence-corrected chi connectivity index (χ4v) is 4.67. The van der Waals surface area contributed by atoms with Gasteiger partial charge in [0.05, 0.1) is 5.56 Å². The van der Waals surface area contributed by atoms with Gasteiger partial charge in [0.25, 0.3) is 5.91 Å². The van der Waals surface area contributed by atoms with Gasteiger partial charge in [0.15, 0.2) is 5.78 Å². The summed E-state index contributed by atoms with van der Waals surface area (Å²) in [6.45, 7) is 0. The first-order valence-corrected chi connectivity index (χ1v) is 9.66. The number of hydrogen-bond acceptors (Lipinski definition) is 3. The second kappa shape index (κ2) is 7.26. The van der Waals surface area contributed by atoms with Crippen LogP contribution in [0.3, 0.4) is 0 Å². The molecule has 0 aliphatic heterocycles. The van der Waals surface area contributed by atoms with Crippen molar-refractivity contribution in [1.82, 2.24) is 0 Å². The van der Waals surface area contributed by atoms with Crippen LogP contribution in [-0.2, 0) is 12.8 Å². The molecule has 0 spiro atoms. The molecule has 3 aromatic rings. The lowest BCUT2D eigenvalue weighted by atomic mass is 9.92. The van der Waals surface area contributed by atoms with Crippen molar-refractivity contribution in [3.63, 3.8) is 0 Å². The van der Waals surface area contributed by atoms with Gasteiger partial charge in [-0.25, -0.2) is 0 Å². The smallest absolute Gasteiger partial charge is 0.256 e. The van der Waals surface area contributed by atoms with Gasteiger partial charge in [-0.1, -0.05) is 48.5 Å². The van der Waals surface area contributed by atoms with Crippen LogP contribution in [0.2, 0.25) is 0 Å². The second-order valence-corrected chi connectivity index (χ2v) is 7.54. The highest BCUT2D eigenvalue weighted by atomic mass is 32.1. The number of carbonyl (C=O) groups excluding carboxylic acids is 2. The highest BCUT2D eigenvalue weighted by molar-refractivity contribution is 7.17. The zero-order valence-corrected chi connectivity index (χ0v) is 15.1. The number of nitrogens with one attached hydrogen (secondary N) is 1. The molecule has 0 atom stereocenters. The fourth-order valence-electron chi connectivity index (χ4n) is 3.39. The molecule has 4 rings (SSSR count). The molecule has 0 saturated heterocycles. The summed E-state index contributed by atoms with van der Waals surface area (Å²) in [5.41, 5.74) is 3.06. The van der Waals surface area contributed by atoms with Crippen molar-refractivity contribution in [3.8, 4) is 0 Å². The van der Waals surface area contributed by atoms with Gasteiger partial charge in [-0.15, -0.1) is 11.3 Å². The number of benzene rings is 2. The topological polar surface area (TPSA) is 46.2 Å². The maximum Gasteiger partial charge on any atom is 0.256 e. The van der Waals surface area contributed by atoms with Crippen LogP contribution in [0.1, 0.15) is 49.6 Å². The van der Waals surface area contributed by atoms with Crippen molar-refractivity contribution in [1.29, 1.82) is 0 Å². The summed E-state index contributed by atoms with van der Waals surface area (Å²) in [7, 11) is 0. The highest BCUT2D eigenvalue weighted by Gasteiger charge is 2.27. The zero-order chi connectivity index (χ0) is 17.9. The van der Waals surface area contributed by atoms with Gasteiger partial charge < -0.3 is 5.32 Å². The molecule has 1 amide bonds. The van der Waals surface area contributed by atoms with E-state index >= 15 is 0 Å². The Kier molecular flexibility index (Phi) is 4.67. The number of thiophene rings is 1. The number of carbonyl (C=O) groups is 2. The molecule has 1 heterocycles. The van der Waals surface area contributed by atoms with Crippen molar-refractivity contribution in [2.45, 2.75) is 25.7 Å². The van der Waals surface area contributed by atoms with E-state index in [0.717, 1.165) is 31.2 Å². The number of rotatable bonds is 4. The van der Waals surface area contributed by atoms with Gasteiger partial charge >= 0.3 is 0 Å². The third kappa shape index (κ3) is 3.20. The molecular formula is C22H19NO2S. The summed E-state index contributed by atoms with van der Waals surface area (Å²) in [5, 5.41) is 3.67. The van der Waals surface area contributed by atoms with Gasteiger partial charge in [-0.05, 0) is 43.4 Å². The maximum atomic E-state index is 13.2. The van der Waals surface area contributed by atoms with Gasteiger partial charge in [-0.3, -0.25) is 9.59 Å². The van der Waals surface area contributed by atoms with E-state index in [2.05, 4.69) is 5.32 Å². The lowest BCUT2D eigenvalue weighted by Crippen LogP contribution is -2.14. The summed E-state index contributed by atoms with van der Waals surface area (Å²) in [5.74, 6) is -0.181. The zero-order valence-electron chi connectivity index (χ0n) is 14.3. The van der Waals surface area contributed by atoms with Crippen LogP contribution < -0.4 is 5.32 Å². The van der Waals surface area contributed by atoms with E-state index in [9.17, 15) is 9.59 Å². The van der Waals surface area contributed by atoms with Crippen LogP contribution >= 0.6 is 11.3 Å². The molecule has 3 nitrogen and oxygen atoms in total. The number of hydrogen-bond donors (Lipinski definition) is 1. The Bertz CT molecular complexity index is 945. The molecule has 1 N–H and O–H groups in total. The number of ketones is 1. The quantitative estimate of drug-likeness (QED) is 0.656. The van der Waals surface area contributed by atoms with Gasteiger partial charge in [0, 0.05) is 16.0 Å². The average Bonchev–Trinajstić information content (AvgIpc) is 3.06. The van der Waals surface area contributed by atoms with E-state index in [1.54, 1.807) is 23.5 Å². The van der Waals surface area contributed by atoms with Crippen LogP contribution in [0.15, 0.2) is 60.7 Å². The van der Waals surface area contributed by atoms with Crippen LogP contribution in [0, 0.1) is 0 Å². The molecule has 130 valence electrons. The molecule has 1 aromatic heterocycles. The minimum Gasteiger partial charge on any atom is -0.313 e. The van der Waals surface area contributed by atoms with Crippen LogP contribution in [0.4, 0.5) is 5.00 Å². The largest absolute Gasteiger partial charge is 0.313 e. The molecule has 4 heteroatoms. The lowest BCUT2D eigenvalue weighted by molar-refractivity contribution is 0.102. The van der Waals surface area contributed by atoms with E-state index in [-0.39, 0.29) is 11.7 Å². The van der Waals surface area contributed by atoms with E-state index < -0.39 is 0 Å². The molecule has 26 heavy (non-hydrogen) atoms. The molecule has 0 bridgehead atoms. The summed E-state index contributed by atoms with van der Waals surface area (Å²) in [4.78, 5) is 27.0. The van der Waals surface area contributed by atoms with Gasteiger partial charge in [-0.2, -0.15) is 0 Å². The first kappa shape index (κ1) is 16.7. The predicted octanol–water partition coefficient (Wildman–Crippen LogP) is 5.11. The van der Waals surface area contributed by atoms with Gasteiger partial charge in [0.2, 0.25) is 0 Å². The number of anilines is 1. The van der Waals surface area contributed by atoms with Gasteiger partial charge in [0.1, 0.15) is 5.00 Å². The first-order valence-electron chi connectivity index (χ1n) is 8.84. The molecule has 0 radical (unpaired) electrons. The number of amides is 1. The lowest BCUT2D eigenvalue weighted by Gasteiger charge is -2.12.